The van der Waals surface area contributed by atoms with Crippen molar-refractivity contribution in [3.8, 4) is 10.6 Å². The summed E-state index contributed by atoms with van der Waals surface area (Å²) in [6, 6.07) is 13.7. The third-order valence-electron chi connectivity index (χ3n) is 4.30. The molecule has 2 N–H and O–H groups in total. The monoisotopic (exact) mass is 416 g/mol. The van der Waals surface area contributed by atoms with E-state index in [0.29, 0.717) is 5.56 Å². The number of thiophene rings is 1. The van der Waals surface area contributed by atoms with Crippen LogP contribution in [0.15, 0.2) is 52.3 Å². The lowest BCUT2D eigenvalue weighted by Crippen LogP contribution is -2.37. The molecule has 1 aliphatic rings. The molecule has 0 bridgehead atoms. The molecule has 2 aromatic heterocycles. The van der Waals surface area contributed by atoms with Gasteiger partial charge in [0, 0.05) is 35.2 Å². The number of hydrogen-bond donors (Lipinski definition) is 2. The first-order valence-corrected chi connectivity index (χ1v) is 9.77. The highest BCUT2D eigenvalue weighted by molar-refractivity contribution is 9.10. The standard InChI is InChI=1S/C18H17BrN4OS/c19-13-5-3-12(4-6-13)18(24)20-14-7-8-23(11-14)17-10-15(21-22-17)16-2-1-9-25-16/h1-6,9-10,14H,7-8,11H2,(H,20,24)(H,21,22)/t14-/m1/s1. The van der Waals surface area contributed by atoms with Crippen molar-refractivity contribution in [1.82, 2.24) is 15.5 Å². The molecule has 25 heavy (non-hydrogen) atoms. The predicted molar refractivity (Wildman–Crippen MR) is 104 cm³/mol. The van der Waals surface area contributed by atoms with E-state index in [1.54, 1.807) is 11.3 Å². The first kappa shape index (κ1) is 16.4. The molecule has 0 saturated carbocycles. The maximum Gasteiger partial charge on any atom is 0.251 e. The number of aromatic amines is 1. The Morgan fingerprint density at radius 3 is 2.92 bits per heavy atom. The summed E-state index contributed by atoms with van der Waals surface area (Å²) in [5, 5.41) is 12.7. The molecule has 1 amide bonds. The van der Waals surface area contributed by atoms with Crippen molar-refractivity contribution in [2.24, 2.45) is 0 Å². The van der Waals surface area contributed by atoms with Gasteiger partial charge in [0.2, 0.25) is 0 Å². The molecule has 0 unspecified atom stereocenters. The van der Waals surface area contributed by atoms with Crippen molar-refractivity contribution >= 4 is 39.0 Å². The largest absolute Gasteiger partial charge is 0.353 e. The number of anilines is 1. The Labute approximate surface area is 158 Å². The first-order valence-electron chi connectivity index (χ1n) is 8.10. The number of amides is 1. The number of nitrogens with zero attached hydrogens (tertiary/aromatic N) is 2. The van der Waals surface area contributed by atoms with Gasteiger partial charge in [-0.05, 0) is 42.1 Å². The van der Waals surface area contributed by atoms with Crippen LogP contribution in [-0.4, -0.2) is 35.2 Å². The number of benzene rings is 1. The van der Waals surface area contributed by atoms with E-state index in [1.807, 2.05) is 30.3 Å². The highest BCUT2D eigenvalue weighted by Crippen LogP contribution is 2.27. The fraction of sp³-hybridized carbons (Fsp3) is 0.222. The maximum absolute atomic E-state index is 12.3. The third-order valence-corrected chi connectivity index (χ3v) is 5.74. The van der Waals surface area contributed by atoms with Crippen LogP contribution in [0.2, 0.25) is 0 Å². The number of rotatable bonds is 4. The van der Waals surface area contributed by atoms with Crippen molar-refractivity contribution in [1.29, 1.82) is 0 Å². The van der Waals surface area contributed by atoms with Crippen molar-refractivity contribution in [3.05, 3.63) is 57.9 Å². The predicted octanol–water partition coefficient (Wildman–Crippen LogP) is 3.91. The van der Waals surface area contributed by atoms with Gasteiger partial charge < -0.3 is 10.2 Å². The fourth-order valence-electron chi connectivity index (χ4n) is 2.99. The average molecular weight is 417 g/mol. The Balaban J connectivity index is 1.38. The van der Waals surface area contributed by atoms with E-state index in [1.165, 1.54) is 4.88 Å². The Bertz CT molecular complexity index is 860. The minimum Gasteiger partial charge on any atom is -0.353 e. The quantitative estimate of drug-likeness (QED) is 0.677. The molecule has 1 aliphatic heterocycles. The maximum atomic E-state index is 12.3. The molecule has 3 aromatic rings. The van der Waals surface area contributed by atoms with Gasteiger partial charge in [0.25, 0.3) is 5.91 Å². The van der Waals surface area contributed by atoms with E-state index in [2.05, 4.69) is 53.9 Å². The van der Waals surface area contributed by atoms with E-state index in [-0.39, 0.29) is 11.9 Å². The Morgan fingerprint density at radius 2 is 2.16 bits per heavy atom. The molecule has 0 aliphatic carbocycles. The summed E-state index contributed by atoms with van der Waals surface area (Å²) in [6.07, 6.45) is 0.920. The lowest BCUT2D eigenvalue weighted by molar-refractivity contribution is 0.0940. The molecule has 0 spiro atoms. The zero-order valence-electron chi connectivity index (χ0n) is 13.4. The summed E-state index contributed by atoms with van der Waals surface area (Å²) in [5.41, 5.74) is 1.72. The van der Waals surface area contributed by atoms with Gasteiger partial charge in [0.1, 0.15) is 0 Å². The van der Waals surface area contributed by atoms with Crippen LogP contribution in [0.4, 0.5) is 5.82 Å². The minimum atomic E-state index is -0.0272. The van der Waals surface area contributed by atoms with Gasteiger partial charge in [-0.3, -0.25) is 9.89 Å². The minimum absolute atomic E-state index is 0.0272. The number of carbonyl (C=O) groups excluding carboxylic acids is 1. The number of H-pyrrole nitrogens is 1. The molecule has 1 saturated heterocycles. The molecule has 1 fully saturated rings. The zero-order chi connectivity index (χ0) is 17.2. The van der Waals surface area contributed by atoms with Gasteiger partial charge in [-0.1, -0.05) is 22.0 Å². The summed E-state index contributed by atoms with van der Waals surface area (Å²) in [4.78, 5) is 15.7. The third kappa shape index (κ3) is 3.62. The topological polar surface area (TPSA) is 61.0 Å². The Kier molecular flexibility index (Phi) is 4.59. The van der Waals surface area contributed by atoms with E-state index in [9.17, 15) is 4.79 Å². The smallest absolute Gasteiger partial charge is 0.251 e. The molecule has 4 rings (SSSR count). The van der Waals surface area contributed by atoms with Gasteiger partial charge in [-0.25, -0.2) is 0 Å². The van der Waals surface area contributed by atoms with E-state index in [4.69, 9.17) is 0 Å². The van der Waals surface area contributed by atoms with Crippen LogP contribution in [0.3, 0.4) is 0 Å². The van der Waals surface area contributed by atoms with E-state index >= 15 is 0 Å². The van der Waals surface area contributed by atoms with Gasteiger partial charge >= 0.3 is 0 Å². The zero-order valence-corrected chi connectivity index (χ0v) is 15.8. The highest BCUT2D eigenvalue weighted by atomic mass is 79.9. The number of halogens is 1. The van der Waals surface area contributed by atoms with Gasteiger partial charge in [0.15, 0.2) is 5.82 Å². The molecule has 0 radical (unpaired) electrons. The van der Waals surface area contributed by atoms with Crippen LogP contribution >= 0.6 is 27.3 Å². The fourth-order valence-corrected chi connectivity index (χ4v) is 3.94. The molecule has 3 heterocycles. The Hall–Kier alpha value is -2.12. The molecular weight excluding hydrogens is 400 g/mol. The highest BCUT2D eigenvalue weighted by Gasteiger charge is 2.26. The summed E-state index contributed by atoms with van der Waals surface area (Å²) in [7, 11) is 0. The number of carbonyl (C=O) groups is 1. The lowest BCUT2D eigenvalue weighted by atomic mass is 10.2. The number of hydrogen-bond acceptors (Lipinski definition) is 4. The SMILES string of the molecule is O=C(N[C@@H]1CCN(c2cc(-c3cccs3)[nH]n2)C1)c1ccc(Br)cc1. The number of nitrogens with one attached hydrogen (secondary N) is 2. The van der Waals surface area contributed by atoms with Crippen LogP contribution in [-0.2, 0) is 0 Å². The Morgan fingerprint density at radius 1 is 1.32 bits per heavy atom. The van der Waals surface area contributed by atoms with Crippen molar-refractivity contribution in [3.63, 3.8) is 0 Å². The number of aromatic nitrogens is 2. The van der Waals surface area contributed by atoms with Crippen molar-refractivity contribution < 1.29 is 4.79 Å². The van der Waals surface area contributed by atoms with E-state index in [0.717, 1.165) is 35.5 Å². The second-order valence-electron chi connectivity index (χ2n) is 6.03. The van der Waals surface area contributed by atoms with E-state index < -0.39 is 0 Å². The molecule has 1 aromatic carbocycles. The second-order valence-corrected chi connectivity index (χ2v) is 7.89. The summed E-state index contributed by atoms with van der Waals surface area (Å²) < 4.78 is 0.969. The van der Waals surface area contributed by atoms with Crippen molar-refractivity contribution in [2.75, 3.05) is 18.0 Å². The molecule has 1 atom stereocenters. The van der Waals surface area contributed by atoms with Crippen LogP contribution in [0.25, 0.3) is 10.6 Å². The normalized spacial score (nSPS) is 17.0. The molecule has 128 valence electrons. The van der Waals surface area contributed by atoms with Gasteiger partial charge in [0.05, 0.1) is 10.6 Å². The molecular formula is C18H17BrN4OS. The first-order chi connectivity index (χ1) is 12.2. The van der Waals surface area contributed by atoms with Crippen LogP contribution in [0.5, 0.6) is 0 Å². The van der Waals surface area contributed by atoms with Crippen LogP contribution in [0.1, 0.15) is 16.8 Å². The van der Waals surface area contributed by atoms with Gasteiger partial charge in [-0.2, -0.15) is 5.10 Å². The van der Waals surface area contributed by atoms with Crippen LogP contribution < -0.4 is 10.2 Å². The second kappa shape index (κ2) is 7.01. The van der Waals surface area contributed by atoms with Crippen molar-refractivity contribution in [2.45, 2.75) is 12.5 Å². The lowest BCUT2D eigenvalue weighted by Gasteiger charge is -2.16. The molecule has 7 heteroatoms. The summed E-state index contributed by atoms with van der Waals surface area (Å²) >= 11 is 5.07. The summed E-state index contributed by atoms with van der Waals surface area (Å²) in [6.45, 7) is 1.66. The molecule has 5 nitrogen and oxygen atoms in total. The van der Waals surface area contributed by atoms with Crippen LogP contribution in [0, 0.1) is 0 Å². The van der Waals surface area contributed by atoms with Gasteiger partial charge in [-0.15, -0.1) is 11.3 Å². The average Bonchev–Trinajstić information content (AvgIpc) is 3.36. The summed E-state index contributed by atoms with van der Waals surface area (Å²) in [5.74, 6) is 0.907.